The van der Waals surface area contributed by atoms with Crippen LogP contribution in [0, 0.1) is 6.92 Å². The topological polar surface area (TPSA) is 58.6 Å². The zero-order valence-electron chi connectivity index (χ0n) is 14.1. The Morgan fingerprint density at radius 2 is 2.04 bits per heavy atom. The number of carbonyl (C=O) groups is 1. The van der Waals surface area contributed by atoms with Crippen molar-refractivity contribution in [2.75, 3.05) is 38.2 Å². The van der Waals surface area contributed by atoms with E-state index in [0.29, 0.717) is 11.4 Å². The molecule has 0 atom stereocenters. The molecule has 1 saturated heterocycles. The fraction of sp³-hybridized carbons (Fsp3) is 0.389. The predicted molar refractivity (Wildman–Crippen MR) is 92.0 cm³/mol. The number of esters is 1. The molecule has 1 aromatic heterocycles. The fourth-order valence-corrected chi connectivity index (χ4v) is 3.02. The second-order valence-corrected chi connectivity index (χ2v) is 6.00. The van der Waals surface area contributed by atoms with Crippen molar-refractivity contribution in [3.05, 3.63) is 53.5 Å². The van der Waals surface area contributed by atoms with Crippen LogP contribution < -0.4 is 4.90 Å². The molecule has 24 heavy (non-hydrogen) atoms. The first-order valence-electron chi connectivity index (χ1n) is 8.08. The highest BCUT2D eigenvalue weighted by Gasteiger charge is 2.23. The number of piperazine rings is 1. The number of hydrogen-bond donors (Lipinski definition) is 0. The van der Waals surface area contributed by atoms with E-state index >= 15 is 0 Å². The Morgan fingerprint density at radius 3 is 2.75 bits per heavy atom. The van der Waals surface area contributed by atoms with Gasteiger partial charge in [-0.15, -0.1) is 0 Å². The van der Waals surface area contributed by atoms with Crippen molar-refractivity contribution in [3.63, 3.8) is 0 Å². The molecule has 2 aromatic rings. The molecule has 3 rings (SSSR count). The van der Waals surface area contributed by atoms with Crippen LogP contribution in [-0.2, 0) is 11.3 Å². The molecule has 0 saturated carbocycles. The third-order valence-electron chi connectivity index (χ3n) is 4.26. The van der Waals surface area contributed by atoms with Crippen LogP contribution in [0.25, 0.3) is 0 Å². The maximum Gasteiger partial charge on any atom is 0.343 e. The van der Waals surface area contributed by atoms with E-state index in [2.05, 4.69) is 51.0 Å². The molecule has 2 heterocycles. The quantitative estimate of drug-likeness (QED) is 0.800. The summed E-state index contributed by atoms with van der Waals surface area (Å²) in [7, 11) is 1.37. The summed E-state index contributed by atoms with van der Waals surface area (Å²) in [5, 5.41) is 0. The number of ether oxygens (including phenoxy) is 1. The summed E-state index contributed by atoms with van der Waals surface area (Å²) >= 11 is 0. The van der Waals surface area contributed by atoms with Crippen LogP contribution in [0.3, 0.4) is 0 Å². The lowest BCUT2D eigenvalue weighted by molar-refractivity contribution is 0.0600. The Balaban J connectivity index is 1.64. The van der Waals surface area contributed by atoms with Gasteiger partial charge in [0.2, 0.25) is 0 Å². The highest BCUT2D eigenvalue weighted by Crippen LogP contribution is 2.19. The first-order valence-corrected chi connectivity index (χ1v) is 8.08. The zero-order valence-corrected chi connectivity index (χ0v) is 14.1. The lowest BCUT2D eigenvalue weighted by Gasteiger charge is -2.35. The van der Waals surface area contributed by atoms with Gasteiger partial charge >= 0.3 is 5.97 Å². The molecule has 0 N–H and O–H groups in total. The molecule has 126 valence electrons. The minimum atomic E-state index is -0.396. The van der Waals surface area contributed by atoms with Gasteiger partial charge in [0, 0.05) is 38.9 Å². The molecule has 0 aliphatic carbocycles. The Bertz CT molecular complexity index is 712. The van der Waals surface area contributed by atoms with Crippen molar-refractivity contribution in [1.29, 1.82) is 0 Å². The lowest BCUT2D eigenvalue weighted by atomic mass is 10.1. The van der Waals surface area contributed by atoms with Gasteiger partial charge in [-0.3, -0.25) is 4.90 Å². The molecule has 0 radical (unpaired) electrons. The number of methoxy groups -OCH3 is 1. The van der Waals surface area contributed by atoms with Crippen LogP contribution in [0.5, 0.6) is 0 Å². The molecule has 1 aliphatic rings. The largest absolute Gasteiger partial charge is 0.465 e. The average molecular weight is 326 g/mol. The Hall–Kier alpha value is -2.47. The van der Waals surface area contributed by atoms with E-state index in [0.717, 1.165) is 32.7 Å². The van der Waals surface area contributed by atoms with Gasteiger partial charge in [0.15, 0.2) is 0 Å². The number of aromatic nitrogens is 2. The van der Waals surface area contributed by atoms with Crippen molar-refractivity contribution in [2.24, 2.45) is 0 Å². The number of nitrogens with zero attached hydrogens (tertiary/aromatic N) is 4. The molecule has 0 unspecified atom stereocenters. The summed E-state index contributed by atoms with van der Waals surface area (Å²) < 4.78 is 4.82. The Labute approximate surface area is 142 Å². The van der Waals surface area contributed by atoms with Gasteiger partial charge in [-0.2, -0.15) is 0 Å². The maximum atomic E-state index is 11.9. The zero-order chi connectivity index (χ0) is 16.9. The molecule has 6 nitrogen and oxygen atoms in total. The van der Waals surface area contributed by atoms with Crippen LogP contribution >= 0.6 is 0 Å². The van der Waals surface area contributed by atoms with Crippen LogP contribution in [0.1, 0.15) is 21.5 Å². The molecular weight excluding hydrogens is 304 g/mol. The molecule has 0 spiro atoms. The minimum Gasteiger partial charge on any atom is -0.465 e. The standard InChI is InChI=1S/C18H22N4O2/c1-14-4-3-5-15(10-14)12-21-6-8-22(9-7-21)17-16(18(23)24-2)11-19-13-20-17/h3-5,10-11,13H,6-9,12H2,1-2H3. The lowest BCUT2D eigenvalue weighted by Crippen LogP contribution is -2.46. The van der Waals surface area contributed by atoms with Gasteiger partial charge in [0.25, 0.3) is 0 Å². The highest BCUT2D eigenvalue weighted by atomic mass is 16.5. The average Bonchev–Trinajstić information content (AvgIpc) is 2.62. The van der Waals surface area contributed by atoms with Gasteiger partial charge in [-0.25, -0.2) is 14.8 Å². The van der Waals surface area contributed by atoms with Crippen LogP contribution in [0.4, 0.5) is 5.82 Å². The van der Waals surface area contributed by atoms with Crippen molar-refractivity contribution >= 4 is 11.8 Å². The molecule has 0 amide bonds. The first-order chi connectivity index (χ1) is 11.7. The van der Waals surface area contributed by atoms with Crippen LogP contribution in [0.15, 0.2) is 36.8 Å². The SMILES string of the molecule is COC(=O)c1cncnc1N1CCN(Cc2cccc(C)c2)CC1. The van der Waals surface area contributed by atoms with Gasteiger partial charge in [0.1, 0.15) is 17.7 Å². The third-order valence-corrected chi connectivity index (χ3v) is 4.26. The van der Waals surface area contributed by atoms with E-state index in [4.69, 9.17) is 4.74 Å². The maximum absolute atomic E-state index is 11.9. The van der Waals surface area contributed by atoms with Crippen molar-refractivity contribution in [2.45, 2.75) is 13.5 Å². The number of aryl methyl sites for hydroxylation is 1. The number of carbonyl (C=O) groups excluding carboxylic acids is 1. The Kier molecular flexibility index (Phi) is 5.05. The number of benzene rings is 1. The molecule has 1 fully saturated rings. The smallest absolute Gasteiger partial charge is 0.343 e. The van der Waals surface area contributed by atoms with Crippen molar-refractivity contribution < 1.29 is 9.53 Å². The monoisotopic (exact) mass is 326 g/mol. The molecule has 6 heteroatoms. The highest BCUT2D eigenvalue weighted by molar-refractivity contribution is 5.94. The van der Waals surface area contributed by atoms with E-state index in [1.54, 1.807) is 0 Å². The third kappa shape index (κ3) is 3.71. The second kappa shape index (κ2) is 7.40. The van der Waals surface area contributed by atoms with Crippen molar-refractivity contribution in [3.8, 4) is 0 Å². The van der Waals surface area contributed by atoms with E-state index in [9.17, 15) is 4.79 Å². The number of anilines is 1. The number of rotatable bonds is 4. The fourth-order valence-electron chi connectivity index (χ4n) is 3.02. The summed E-state index contributed by atoms with van der Waals surface area (Å²) in [4.78, 5) is 24.6. The Morgan fingerprint density at radius 1 is 1.25 bits per heavy atom. The number of hydrogen-bond acceptors (Lipinski definition) is 6. The van der Waals surface area contributed by atoms with E-state index in [1.807, 2.05) is 0 Å². The summed E-state index contributed by atoms with van der Waals surface area (Å²) in [5.41, 5.74) is 3.04. The van der Waals surface area contributed by atoms with E-state index < -0.39 is 5.97 Å². The van der Waals surface area contributed by atoms with E-state index in [1.165, 1.54) is 30.8 Å². The second-order valence-electron chi connectivity index (χ2n) is 6.00. The van der Waals surface area contributed by atoms with Gasteiger partial charge in [-0.05, 0) is 12.5 Å². The summed E-state index contributed by atoms with van der Waals surface area (Å²) in [6.45, 7) is 6.57. The summed E-state index contributed by atoms with van der Waals surface area (Å²) in [5.74, 6) is 0.264. The molecule has 0 bridgehead atoms. The summed E-state index contributed by atoms with van der Waals surface area (Å²) in [6.07, 6.45) is 2.99. The molecular formula is C18H22N4O2. The van der Waals surface area contributed by atoms with Crippen LogP contribution in [-0.4, -0.2) is 54.1 Å². The normalized spacial score (nSPS) is 15.3. The predicted octanol–water partition coefficient (Wildman–Crippen LogP) is 1.89. The minimum absolute atomic E-state index is 0.396. The van der Waals surface area contributed by atoms with Gasteiger partial charge < -0.3 is 9.64 Å². The van der Waals surface area contributed by atoms with Crippen molar-refractivity contribution in [1.82, 2.24) is 14.9 Å². The van der Waals surface area contributed by atoms with Crippen LogP contribution in [0.2, 0.25) is 0 Å². The van der Waals surface area contributed by atoms with E-state index in [-0.39, 0.29) is 0 Å². The first kappa shape index (κ1) is 16.4. The van der Waals surface area contributed by atoms with Gasteiger partial charge in [0.05, 0.1) is 7.11 Å². The molecule has 1 aromatic carbocycles. The summed E-state index contributed by atoms with van der Waals surface area (Å²) in [6, 6.07) is 8.61. The molecule has 1 aliphatic heterocycles. The van der Waals surface area contributed by atoms with Gasteiger partial charge in [-0.1, -0.05) is 29.8 Å².